The van der Waals surface area contributed by atoms with Crippen LogP contribution < -0.4 is 10.6 Å². The van der Waals surface area contributed by atoms with Crippen molar-refractivity contribution in [1.29, 1.82) is 0 Å². The maximum Gasteiger partial charge on any atom is 0.0115 e. The van der Waals surface area contributed by atoms with E-state index in [1.165, 1.54) is 58.0 Å². The van der Waals surface area contributed by atoms with Gasteiger partial charge in [-0.3, -0.25) is 0 Å². The van der Waals surface area contributed by atoms with Gasteiger partial charge in [-0.05, 0) is 37.8 Å². The Bertz CT molecular complexity index is 255. The van der Waals surface area contributed by atoms with Crippen molar-refractivity contribution >= 4 is 31.9 Å². The highest BCUT2D eigenvalue weighted by molar-refractivity contribution is 9.09. The molecule has 2 N–H and O–H groups in total. The molecule has 1 aliphatic carbocycles. The Morgan fingerprint density at radius 3 is 1.90 bits per heavy atom. The van der Waals surface area contributed by atoms with E-state index in [-0.39, 0.29) is 0 Å². The molecule has 0 unspecified atom stereocenters. The van der Waals surface area contributed by atoms with E-state index in [1.807, 2.05) is 0 Å². The summed E-state index contributed by atoms with van der Waals surface area (Å²) in [6.45, 7) is 4.61. The summed E-state index contributed by atoms with van der Waals surface area (Å²) in [6.07, 6.45) is 10.1. The quantitative estimate of drug-likeness (QED) is 0.690. The Balaban J connectivity index is 1.99. The summed E-state index contributed by atoms with van der Waals surface area (Å²) in [5.74, 6) is 1.60. The zero-order valence-electron chi connectivity index (χ0n) is 12.6. The summed E-state index contributed by atoms with van der Waals surface area (Å²) in [4.78, 5) is 0. The predicted octanol–water partition coefficient (Wildman–Crippen LogP) is 3.93. The largest absolute Gasteiger partial charge is 0.316 e. The van der Waals surface area contributed by atoms with Gasteiger partial charge in [-0.25, -0.2) is 0 Å². The van der Waals surface area contributed by atoms with Crippen LogP contribution in [0.1, 0.15) is 44.9 Å². The number of hydrogen-bond donors (Lipinski definition) is 2. The van der Waals surface area contributed by atoms with Gasteiger partial charge in [0.25, 0.3) is 0 Å². The maximum atomic E-state index is 3.85. The molecule has 2 fully saturated rings. The first-order valence-electron chi connectivity index (χ1n) is 8.34. The molecule has 0 bridgehead atoms. The molecule has 118 valence electrons. The van der Waals surface area contributed by atoms with Gasteiger partial charge in [0.05, 0.1) is 0 Å². The van der Waals surface area contributed by atoms with E-state index < -0.39 is 0 Å². The van der Waals surface area contributed by atoms with Gasteiger partial charge in [-0.1, -0.05) is 64.0 Å². The highest BCUT2D eigenvalue weighted by Crippen LogP contribution is 2.38. The van der Waals surface area contributed by atoms with Gasteiger partial charge >= 0.3 is 0 Å². The Morgan fingerprint density at radius 1 is 0.850 bits per heavy atom. The van der Waals surface area contributed by atoms with Crippen LogP contribution in [0, 0.1) is 17.3 Å². The Morgan fingerprint density at radius 2 is 1.40 bits per heavy atom. The lowest BCUT2D eigenvalue weighted by Crippen LogP contribution is -2.53. The van der Waals surface area contributed by atoms with Crippen molar-refractivity contribution < 1.29 is 0 Å². The summed E-state index contributed by atoms with van der Waals surface area (Å²) in [5, 5.41) is 9.75. The third-order valence-corrected chi connectivity index (χ3v) is 7.31. The van der Waals surface area contributed by atoms with Crippen molar-refractivity contribution in [3.63, 3.8) is 0 Å². The van der Waals surface area contributed by atoms with Gasteiger partial charge in [-0.2, -0.15) is 0 Å². The molecule has 2 aliphatic rings. The van der Waals surface area contributed by atoms with E-state index in [1.54, 1.807) is 0 Å². The van der Waals surface area contributed by atoms with Crippen molar-refractivity contribution in [1.82, 2.24) is 10.6 Å². The summed E-state index contributed by atoms with van der Waals surface area (Å²) in [5.41, 5.74) is 0.411. The summed E-state index contributed by atoms with van der Waals surface area (Å²) < 4.78 is 0. The van der Waals surface area contributed by atoms with Crippen molar-refractivity contribution in [2.75, 3.05) is 36.8 Å². The molecule has 1 aliphatic heterocycles. The zero-order chi connectivity index (χ0) is 14.3. The highest BCUT2D eigenvalue weighted by atomic mass is 79.9. The molecule has 0 aromatic carbocycles. The van der Waals surface area contributed by atoms with Crippen molar-refractivity contribution in [3.8, 4) is 0 Å². The summed E-state index contributed by atoms with van der Waals surface area (Å²) in [6, 6.07) is 0. The average molecular weight is 410 g/mol. The van der Waals surface area contributed by atoms with Crippen LogP contribution in [0.15, 0.2) is 0 Å². The molecule has 0 aromatic heterocycles. The fraction of sp³-hybridized carbons (Fsp3) is 1.00. The SMILES string of the molecule is BrCC1CNCC(CBr)(C2CCCCCCC2)CNC1. The molecular weight excluding hydrogens is 380 g/mol. The average Bonchev–Trinajstić information content (AvgIpc) is 2.40. The molecule has 2 rings (SSSR count). The fourth-order valence-corrected chi connectivity index (χ4v) is 5.17. The van der Waals surface area contributed by atoms with Crippen LogP contribution in [0.2, 0.25) is 0 Å². The molecule has 0 amide bonds. The number of rotatable bonds is 3. The van der Waals surface area contributed by atoms with E-state index in [0.29, 0.717) is 5.41 Å². The minimum Gasteiger partial charge on any atom is -0.316 e. The van der Waals surface area contributed by atoms with Crippen LogP contribution in [0.5, 0.6) is 0 Å². The van der Waals surface area contributed by atoms with Gasteiger partial charge in [0.1, 0.15) is 0 Å². The Labute approximate surface area is 141 Å². The first-order chi connectivity index (χ1) is 9.80. The van der Waals surface area contributed by atoms with Gasteiger partial charge < -0.3 is 10.6 Å². The molecule has 4 heteroatoms. The first kappa shape index (κ1) is 17.2. The zero-order valence-corrected chi connectivity index (χ0v) is 15.8. The van der Waals surface area contributed by atoms with Gasteiger partial charge in [0.2, 0.25) is 0 Å². The number of hydrogen-bond acceptors (Lipinski definition) is 2. The minimum atomic E-state index is 0.411. The van der Waals surface area contributed by atoms with Crippen LogP contribution in [-0.4, -0.2) is 36.8 Å². The van der Waals surface area contributed by atoms with Crippen LogP contribution in [0.3, 0.4) is 0 Å². The van der Waals surface area contributed by atoms with Crippen LogP contribution >= 0.6 is 31.9 Å². The molecule has 0 aromatic rings. The summed E-state index contributed by atoms with van der Waals surface area (Å²) in [7, 11) is 0. The predicted molar refractivity (Wildman–Crippen MR) is 95.1 cm³/mol. The van der Waals surface area contributed by atoms with E-state index in [0.717, 1.165) is 35.6 Å². The lowest BCUT2D eigenvalue weighted by Gasteiger charge is -2.43. The fourth-order valence-electron chi connectivity index (χ4n) is 3.86. The second-order valence-electron chi connectivity index (χ2n) is 6.82. The second kappa shape index (κ2) is 9.12. The number of alkyl halides is 2. The van der Waals surface area contributed by atoms with E-state index in [2.05, 4.69) is 42.5 Å². The molecule has 1 saturated heterocycles. The van der Waals surface area contributed by atoms with E-state index >= 15 is 0 Å². The Kier molecular flexibility index (Phi) is 7.86. The monoisotopic (exact) mass is 408 g/mol. The number of nitrogens with one attached hydrogen (secondary N) is 2. The van der Waals surface area contributed by atoms with Gasteiger partial charge in [0, 0.05) is 29.2 Å². The summed E-state index contributed by atoms with van der Waals surface area (Å²) >= 11 is 7.47. The molecule has 0 radical (unpaired) electrons. The van der Waals surface area contributed by atoms with Gasteiger partial charge in [0.15, 0.2) is 0 Å². The normalized spacial score (nSPS) is 34.8. The van der Waals surface area contributed by atoms with Crippen LogP contribution in [0.4, 0.5) is 0 Å². The molecule has 1 heterocycles. The Hall–Kier alpha value is 0.880. The molecule has 20 heavy (non-hydrogen) atoms. The third kappa shape index (κ3) is 4.69. The topological polar surface area (TPSA) is 24.1 Å². The smallest absolute Gasteiger partial charge is 0.0115 e. The lowest BCUT2D eigenvalue weighted by molar-refractivity contribution is 0.136. The molecule has 0 atom stereocenters. The van der Waals surface area contributed by atoms with Gasteiger partial charge in [-0.15, -0.1) is 0 Å². The van der Waals surface area contributed by atoms with Crippen LogP contribution in [-0.2, 0) is 0 Å². The molecule has 0 spiro atoms. The number of halogens is 2. The first-order valence-corrected chi connectivity index (χ1v) is 10.6. The van der Waals surface area contributed by atoms with Crippen molar-refractivity contribution in [2.45, 2.75) is 44.9 Å². The van der Waals surface area contributed by atoms with E-state index in [9.17, 15) is 0 Å². The van der Waals surface area contributed by atoms with Crippen LogP contribution in [0.25, 0.3) is 0 Å². The van der Waals surface area contributed by atoms with Crippen molar-refractivity contribution in [3.05, 3.63) is 0 Å². The standard InChI is InChI=1S/C16H30Br2N2/c17-8-14-9-19-12-16(11-18,13-20-10-14)15-6-4-2-1-3-5-7-15/h14-15,19-20H,1-13H2. The second-order valence-corrected chi connectivity index (χ2v) is 8.03. The maximum absolute atomic E-state index is 3.85. The molecule has 1 saturated carbocycles. The highest BCUT2D eigenvalue weighted by Gasteiger charge is 2.38. The van der Waals surface area contributed by atoms with E-state index in [4.69, 9.17) is 0 Å². The third-order valence-electron chi connectivity index (χ3n) is 5.28. The molecule has 2 nitrogen and oxygen atoms in total. The molecular formula is C16H30Br2N2. The lowest BCUT2D eigenvalue weighted by atomic mass is 9.70. The van der Waals surface area contributed by atoms with Crippen molar-refractivity contribution in [2.24, 2.45) is 17.3 Å². The minimum absolute atomic E-state index is 0.411.